The van der Waals surface area contributed by atoms with Gasteiger partial charge in [0.15, 0.2) is 5.75 Å². The van der Waals surface area contributed by atoms with E-state index in [4.69, 9.17) is 26.6 Å². The largest absolute Gasteiger partial charge is 0.462 e. The molecule has 2 atom stereocenters. The molecule has 1 heterocycles. The predicted octanol–water partition coefficient (Wildman–Crippen LogP) is 2.10. The van der Waals surface area contributed by atoms with Gasteiger partial charge in [-0.15, -0.1) is 0 Å². The topological polar surface area (TPSA) is 54.3 Å². The molecule has 78 valence electrons. The summed E-state index contributed by atoms with van der Waals surface area (Å²) in [6, 6.07) is 9.34. The highest BCUT2D eigenvalue weighted by atomic mass is 32.7. The van der Waals surface area contributed by atoms with Crippen molar-refractivity contribution >= 4 is 19.3 Å². The zero-order valence-corrected chi connectivity index (χ0v) is 9.72. The number of nitrogens with zero attached hydrogens (tertiary/aromatic N) is 1. The first-order chi connectivity index (χ1) is 7.18. The number of benzene rings is 1. The highest BCUT2D eigenvalue weighted by Gasteiger charge is 2.39. The van der Waals surface area contributed by atoms with Crippen LogP contribution in [0.5, 0.6) is 5.75 Å². The van der Waals surface area contributed by atoms with Crippen LogP contribution in [-0.2, 0) is 16.8 Å². The second kappa shape index (κ2) is 3.99. The van der Waals surface area contributed by atoms with Crippen LogP contribution in [0.25, 0.3) is 0 Å². The quantitative estimate of drug-likeness (QED) is 0.601. The van der Waals surface area contributed by atoms with Crippen molar-refractivity contribution in [1.29, 1.82) is 5.26 Å². The van der Waals surface area contributed by atoms with E-state index < -0.39 is 13.2 Å². The zero-order valence-electron chi connectivity index (χ0n) is 8.01. The summed E-state index contributed by atoms with van der Waals surface area (Å²) in [5, 5.41) is 11.8. The fourth-order valence-corrected chi connectivity index (χ4v) is 2.92. The minimum Gasteiger partial charge on any atom is -0.462 e. The first kappa shape index (κ1) is 10.7. The molecule has 1 aliphatic rings. The average molecular weight is 240 g/mol. The number of nitriles is 1. The van der Waals surface area contributed by atoms with Gasteiger partial charge in [-0.1, -0.05) is 18.2 Å². The first-order valence-electron chi connectivity index (χ1n) is 4.34. The fourth-order valence-electron chi connectivity index (χ4n) is 1.32. The third-order valence-electron chi connectivity index (χ3n) is 2.06. The Morgan fingerprint density at radius 1 is 1.53 bits per heavy atom. The normalized spacial score (nSPS) is 28.7. The van der Waals surface area contributed by atoms with E-state index >= 15 is 0 Å². The lowest BCUT2D eigenvalue weighted by Gasteiger charge is -2.33. The van der Waals surface area contributed by atoms with E-state index in [0.29, 0.717) is 5.75 Å². The molecule has 15 heavy (non-hydrogen) atoms. The summed E-state index contributed by atoms with van der Waals surface area (Å²) < 4.78 is 11.0. The van der Waals surface area contributed by atoms with Gasteiger partial charge in [0, 0.05) is 12.6 Å². The van der Waals surface area contributed by atoms with Gasteiger partial charge in [0.25, 0.3) is 7.07 Å². The summed E-state index contributed by atoms with van der Waals surface area (Å²) in [6.07, 6.45) is -0.645. The van der Waals surface area contributed by atoms with E-state index in [2.05, 4.69) is 11.2 Å². The Morgan fingerprint density at radius 3 is 2.93 bits per heavy atom. The number of para-hydroxylation sites is 1. The van der Waals surface area contributed by atoms with E-state index in [1.807, 2.05) is 12.1 Å². The molecule has 2 rings (SSSR count). The molecule has 0 saturated heterocycles. The summed E-state index contributed by atoms with van der Waals surface area (Å²) in [6.45, 7) is 0. The highest BCUT2D eigenvalue weighted by Crippen LogP contribution is 2.61. The zero-order chi connectivity index (χ0) is 10.9. The number of hydrogen-bond acceptors (Lipinski definition) is 5. The molecule has 0 radical (unpaired) electrons. The lowest BCUT2D eigenvalue weighted by molar-refractivity contribution is 0.229. The van der Waals surface area contributed by atoms with Crippen molar-refractivity contribution in [1.82, 2.24) is 5.09 Å². The average Bonchev–Trinajstić information content (AvgIpc) is 2.28. The molecular weight excluding hydrogens is 231 g/mol. The van der Waals surface area contributed by atoms with E-state index in [-0.39, 0.29) is 0 Å². The maximum absolute atomic E-state index is 8.98. The Morgan fingerprint density at radius 2 is 2.27 bits per heavy atom. The smallest absolute Gasteiger partial charge is 0.277 e. The van der Waals surface area contributed by atoms with Gasteiger partial charge in [-0.3, -0.25) is 0 Å². The van der Waals surface area contributed by atoms with Crippen LogP contribution in [0, 0.1) is 11.3 Å². The minimum absolute atomic E-state index is 0.632. The summed E-state index contributed by atoms with van der Waals surface area (Å²) in [4.78, 5) is 0. The Balaban J connectivity index is 2.44. The second-order valence-electron chi connectivity index (χ2n) is 2.96. The van der Waals surface area contributed by atoms with Gasteiger partial charge in [0.05, 0.1) is 0 Å². The van der Waals surface area contributed by atoms with Crippen LogP contribution >= 0.6 is 7.07 Å². The minimum atomic E-state index is -2.54. The predicted molar refractivity (Wildman–Crippen MR) is 59.9 cm³/mol. The Hall–Kier alpha value is -0.790. The number of hydrogen-bond donors (Lipinski definition) is 1. The fraction of sp³-hybridized carbons (Fsp3) is 0.222. The number of rotatable bonds is 1. The monoisotopic (exact) mass is 240 g/mol. The van der Waals surface area contributed by atoms with Crippen LogP contribution in [0.3, 0.4) is 0 Å². The van der Waals surface area contributed by atoms with Gasteiger partial charge in [0.1, 0.15) is 6.07 Å². The van der Waals surface area contributed by atoms with Gasteiger partial charge < -0.3 is 16.8 Å². The molecule has 1 aromatic rings. The summed E-state index contributed by atoms with van der Waals surface area (Å²) in [5.74, 6) is 0.632. The number of nitrogens with one attached hydrogen (secondary N) is 1. The molecule has 1 N–H and O–H groups in total. The van der Waals surface area contributed by atoms with Gasteiger partial charge in [0.2, 0.25) is 6.10 Å². The lowest BCUT2D eigenvalue weighted by atomic mass is 10.1. The summed E-state index contributed by atoms with van der Waals surface area (Å²) in [7, 11) is -0.869. The van der Waals surface area contributed by atoms with E-state index in [0.717, 1.165) is 5.56 Å². The van der Waals surface area contributed by atoms with Gasteiger partial charge in [-0.05, 0) is 6.07 Å². The van der Waals surface area contributed by atoms with Crippen LogP contribution < -0.4 is 9.61 Å². The molecule has 6 heteroatoms. The molecular formula is C9H9N2O2PS. The van der Waals surface area contributed by atoms with Gasteiger partial charge >= 0.3 is 0 Å². The van der Waals surface area contributed by atoms with Crippen molar-refractivity contribution in [3.63, 3.8) is 0 Å². The molecule has 0 saturated carbocycles. The van der Waals surface area contributed by atoms with Gasteiger partial charge in [-0.2, -0.15) is 14.9 Å². The molecule has 0 aromatic heterocycles. The maximum Gasteiger partial charge on any atom is 0.277 e. The summed E-state index contributed by atoms with van der Waals surface area (Å²) >= 11 is 5.18. The van der Waals surface area contributed by atoms with Crippen molar-refractivity contribution in [3.8, 4) is 11.8 Å². The van der Waals surface area contributed by atoms with Crippen molar-refractivity contribution < 1.29 is 9.05 Å². The first-order valence-corrected chi connectivity index (χ1v) is 6.98. The van der Waals surface area contributed by atoms with E-state index in [1.165, 1.54) is 0 Å². The van der Waals surface area contributed by atoms with Gasteiger partial charge in [-0.25, -0.2) is 0 Å². The van der Waals surface area contributed by atoms with E-state index in [1.54, 1.807) is 19.2 Å². The summed E-state index contributed by atoms with van der Waals surface area (Å²) in [5.41, 5.74) is 0.732. The van der Waals surface area contributed by atoms with Crippen LogP contribution in [0.1, 0.15) is 11.7 Å². The standard InChI is InChI=1S/C9H9N2O2PS/c1-11-14(15)12-8-5-3-2-4-7(8)9(6-10)13-14/h2-5,9H,1H3,(H,11,15)/t9-,14?/m0/s1. The van der Waals surface area contributed by atoms with Crippen molar-refractivity contribution in [2.45, 2.75) is 6.10 Å². The van der Waals surface area contributed by atoms with Crippen molar-refractivity contribution in [2.75, 3.05) is 7.05 Å². The molecule has 0 amide bonds. The highest BCUT2D eigenvalue weighted by molar-refractivity contribution is 8.37. The molecule has 1 aromatic carbocycles. The molecule has 0 bridgehead atoms. The molecule has 1 unspecified atom stereocenters. The second-order valence-corrected chi connectivity index (χ2v) is 6.24. The SMILES string of the molecule is CN[P+]1([S-])Oc2ccccc2[C@H](C#N)O1. The molecule has 0 aliphatic carbocycles. The third kappa shape index (κ3) is 1.95. The van der Waals surface area contributed by atoms with Crippen LogP contribution in [0.2, 0.25) is 0 Å². The van der Waals surface area contributed by atoms with Crippen LogP contribution in [-0.4, -0.2) is 7.05 Å². The third-order valence-corrected chi connectivity index (χ3v) is 4.56. The Labute approximate surface area is 93.9 Å². The van der Waals surface area contributed by atoms with Crippen molar-refractivity contribution in [3.05, 3.63) is 29.8 Å². The Kier molecular flexibility index (Phi) is 2.85. The molecule has 1 aliphatic heterocycles. The molecule has 0 fully saturated rings. The molecule has 0 spiro atoms. The van der Waals surface area contributed by atoms with Crippen molar-refractivity contribution in [2.24, 2.45) is 0 Å². The maximum atomic E-state index is 8.98. The number of fused-ring (bicyclic) bond motifs is 1. The Bertz CT molecular complexity index is 423. The van der Waals surface area contributed by atoms with E-state index in [9.17, 15) is 0 Å². The molecule has 4 nitrogen and oxygen atoms in total. The lowest BCUT2D eigenvalue weighted by Crippen LogP contribution is -2.23. The van der Waals surface area contributed by atoms with Crippen LogP contribution in [0.4, 0.5) is 0 Å². The van der Waals surface area contributed by atoms with Crippen LogP contribution in [0.15, 0.2) is 24.3 Å².